The van der Waals surface area contributed by atoms with E-state index in [4.69, 9.17) is 6.42 Å². The summed E-state index contributed by atoms with van der Waals surface area (Å²) in [6.07, 6.45) is 5.21. The van der Waals surface area contributed by atoms with Crippen LogP contribution < -0.4 is 5.56 Å². The van der Waals surface area contributed by atoms with E-state index in [9.17, 15) is 4.79 Å². The molecule has 0 bridgehead atoms. The van der Waals surface area contributed by atoms with Crippen molar-refractivity contribution in [3.05, 3.63) is 27.1 Å². The first-order valence-corrected chi connectivity index (χ1v) is 5.36. The van der Waals surface area contributed by atoms with E-state index in [-0.39, 0.29) is 12.1 Å². The first-order chi connectivity index (χ1) is 7.13. The molecule has 0 atom stereocenters. The number of aromatic nitrogens is 2. The molecule has 0 saturated heterocycles. The lowest BCUT2D eigenvalue weighted by atomic mass is 10.3. The van der Waals surface area contributed by atoms with Crippen LogP contribution in [0, 0.1) is 26.2 Å². The summed E-state index contributed by atoms with van der Waals surface area (Å²) in [4.78, 5) is 18.2. The summed E-state index contributed by atoms with van der Waals surface area (Å²) >= 11 is 1.53. The topological polar surface area (TPSA) is 34.9 Å². The Kier molecular flexibility index (Phi) is 2.33. The summed E-state index contributed by atoms with van der Waals surface area (Å²) in [5.74, 6) is 3.14. The molecule has 4 heteroatoms. The summed E-state index contributed by atoms with van der Waals surface area (Å²) in [6.45, 7) is 4.04. The van der Waals surface area contributed by atoms with Crippen molar-refractivity contribution in [2.24, 2.45) is 0 Å². The molecule has 0 aliphatic carbocycles. The van der Waals surface area contributed by atoms with E-state index < -0.39 is 0 Å². The number of fused-ring (bicyclic) bond motifs is 1. The zero-order chi connectivity index (χ0) is 11.0. The third kappa shape index (κ3) is 1.55. The van der Waals surface area contributed by atoms with Gasteiger partial charge in [0.05, 0.1) is 11.9 Å². The molecular weight excluding hydrogens is 208 g/mol. The molecule has 0 aromatic carbocycles. The molecule has 3 nitrogen and oxygen atoms in total. The van der Waals surface area contributed by atoms with Gasteiger partial charge in [0.25, 0.3) is 5.56 Å². The van der Waals surface area contributed by atoms with Gasteiger partial charge in [-0.3, -0.25) is 9.36 Å². The van der Waals surface area contributed by atoms with Crippen molar-refractivity contribution in [3.63, 3.8) is 0 Å². The Bertz CT molecular complexity index is 616. The molecule has 0 fully saturated rings. The van der Waals surface area contributed by atoms with Crippen LogP contribution in [-0.4, -0.2) is 9.55 Å². The first kappa shape index (κ1) is 9.94. The van der Waals surface area contributed by atoms with E-state index in [2.05, 4.69) is 10.9 Å². The van der Waals surface area contributed by atoms with Crippen LogP contribution in [-0.2, 0) is 6.54 Å². The maximum absolute atomic E-state index is 12.0. The van der Waals surface area contributed by atoms with Crippen LogP contribution in [0.5, 0.6) is 0 Å². The average molecular weight is 218 g/mol. The molecule has 0 N–H and O–H groups in total. The highest BCUT2D eigenvalue weighted by Crippen LogP contribution is 2.20. The van der Waals surface area contributed by atoms with E-state index in [1.807, 2.05) is 13.0 Å². The molecule has 15 heavy (non-hydrogen) atoms. The predicted molar refractivity (Wildman–Crippen MR) is 62.2 cm³/mol. The van der Waals surface area contributed by atoms with Crippen LogP contribution in [0.3, 0.4) is 0 Å². The van der Waals surface area contributed by atoms with Crippen molar-refractivity contribution in [2.75, 3.05) is 0 Å². The highest BCUT2D eigenvalue weighted by molar-refractivity contribution is 7.18. The number of aryl methyl sites for hydroxylation is 2. The normalized spacial score (nSPS) is 10.5. The second kappa shape index (κ2) is 3.52. The molecule has 0 aliphatic heterocycles. The standard InChI is InChI=1S/C11H10N2OS/c1-4-5-13-8(3)12-10-9(11(13)14)6-7(2)15-10/h1,6H,5H2,2-3H3. The quantitative estimate of drug-likeness (QED) is 0.683. The summed E-state index contributed by atoms with van der Waals surface area (Å²) < 4.78 is 1.52. The maximum atomic E-state index is 12.0. The minimum absolute atomic E-state index is 0.0419. The third-order valence-electron chi connectivity index (χ3n) is 2.21. The highest BCUT2D eigenvalue weighted by atomic mass is 32.1. The van der Waals surface area contributed by atoms with Crippen LogP contribution in [0.25, 0.3) is 10.2 Å². The van der Waals surface area contributed by atoms with Gasteiger partial charge in [-0.1, -0.05) is 5.92 Å². The zero-order valence-electron chi connectivity index (χ0n) is 8.57. The molecule has 2 aromatic rings. The first-order valence-electron chi connectivity index (χ1n) is 4.54. The van der Waals surface area contributed by atoms with Gasteiger partial charge in [0.1, 0.15) is 10.7 Å². The Labute approximate surface area is 91.4 Å². The van der Waals surface area contributed by atoms with Gasteiger partial charge in [0.15, 0.2) is 0 Å². The molecule has 2 heterocycles. The number of hydrogen-bond acceptors (Lipinski definition) is 3. The summed E-state index contributed by atoms with van der Waals surface area (Å²) in [7, 11) is 0. The monoisotopic (exact) mass is 218 g/mol. The van der Waals surface area contributed by atoms with Crippen molar-refractivity contribution in [3.8, 4) is 12.3 Å². The second-order valence-corrected chi connectivity index (χ2v) is 4.57. The number of terminal acetylenes is 1. The third-order valence-corrected chi connectivity index (χ3v) is 3.16. The average Bonchev–Trinajstić information content (AvgIpc) is 2.53. The Morgan fingerprint density at radius 1 is 1.60 bits per heavy atom. The van der Waals surface area contributed by atoms with Crippen molar-refractivity contribution < 1.29 is 0 Å². The summed E-state index contributed by atoms with van der Waals surface area (Å²) in [5.41, 5.74) is -0.0419. The summed E-state index contributed by atoms with van der Waals surface area (Å²) in [6, 6.07) is 1.86. The van der Waals surface area contributed by atoms with Gasteiger partial charge >= 0.3 is 0 Å². The van der Waals surface area contributed by atoms with Gasteiger partial charge in [0, 0.05) is 4.88 Å². The molecule has 2 rings (SSSR count). The Balaban J connectivity index is 2.84. The fraction of sp³-hybridized carbons (Fsp3) is 0.273. The molecule has 0 amide bonds. The minimum atomic E-state index is -0.0419. The van der Waals surface area contributed by atoms with E-state index in [1.54, 1.807) is 6.92 Å². The number of thiophene rings is 1. The highest BCUT2D eigenvalue weighted by Gasteiger charge is 2.09. The summed E-state index contributed by atoms with van der Waals surface area (Å²) in [5, 5.41) is 0.665. The largest absolute Gasteiger partial charge is 0.284 e. The Hall–Kier alpha value is -1.60. The molecule has 76 valence electrons. The van der Waals surface area contributed by atoms with Crippen LogP contribution in [0.1, 0.15) is 10.7 Å². The van der Waals surface area contributed by atoms with Crippen molar-refractivity contribution in [1.29, 1.82) is 0 Å². The minimum Gasteiger partial charge on any atom is -0.284 e. The van der Waals surface area contributed by atoms with Gasteiger partial charge in [0.2, 0.25) is 0 Å². The number of hydrogen-bond donors (Lipinski definition) is 0. The van der Waals surface area contributed by atoms with E-state index in [1.165, 1.54) is 15.9 Å². The number of nitrogens with zero attached hydrogens (tertiary/aromatic N) is 2. The molecule has 2 aromatic heterocycles. The van der Waals surface area contributed by atoms with Crippen molar-refractivity contribution in [2.45, 2.75) is 20.4 Å². The fourth-order valence-corrected chi connectivity index (χ4v) is 2.43. The van der Waals surface area contributed by atoms with E-state index in [0.29, 0.717) is 11.2 Å². The Morgan fingerprint density at radius 3 is 3.00 bits per heavy atom. The van der Waals surface area contributed by atoms with Gasteiger partial charge in [-0.15, -0.1) is 17.8 Å². The van der Waals surface area contributed by atoms with Crippen LogP contribution in [0.4, 0.5) is 0 Å². The van der Waals surface area contributed by atoms with Crippen molar-refractivity contribution in [1.82, 2.24) is 9.55 Å². The van der Waals surface area contributed by atoms with Crippen LogP contribution in [0.15, 0.2) is 10.9 Å². The van der Waals surface area contributed by atoms with Gasteiger partial charge in [-0.05, 0) is 19.9 Å². The second-order valence-electron chi connectivity index (χ2n) is 3.33. The lowest BCUT2D eigenvalue weighted by molar-refractivity contribution is 0.743. The predicted octanol–water partition coefficient (Wildman–Crippen LogP) is 1.71. The molecular formula is C11H10N2OS. The molecule has 0 saturated carbocycles. The smallest absolute Gasteiger partial charge is 0.263 e. The van der Waals surface area contributed by atoms with Crippen LogP contribution in [0.2, 0.25) is 0 Å². The van der Waals surface area contributed by atoms with Gasteiger partial charge < -0.3 is 0 Å². The van der Waals surface area contributed by atoms with E-state index in [0.717, 1.165) is 9.71 Å². The van der Waals surface area contributed by atoms with Crippen LogP contribution >= 0.6 is 11.3 Å². The maximum Gasteiger partial charge on any atom is 0.263 e. The molecule has 0 radical (unpaired) electrons. The van der Waals surface area contributed by atoms with Gasteiger partial charge in [-0.25, -0.2) is 4.98 Å². The SMILES string of the molecule is C#CCn1c(C)nc2sc(C)cc2c1=O. The Morgan fingerprint density at radius 2 is 2.33 bits per heavy atom. The fourth-order valence-electron chi connectivity index (χ4n) is 1.52. The van der Waals surface area contributed by atoms with Crippen molar-refractivity contribution >= 4 is 21.6 Å². The lowest BCUT2D eigenvalue weighted by Gasteiger charge is -2.04. The zero-order valence-corrected chi connectivity index (χ0v) is 9.39. The molecule has 0 spiro atoms. The van der Waals surface area contributed by atoms with Gasteiger partial charge in [-0.2, -0.15) is 0 Å². The molecule has 0 unspecified atom stereocenters. The van der Waals surface area contributed by atoms with E-state index >= 15 is 0 Å². The molecule has 0 aliphatic rings. The lowest BCUT2D eigenvalue weighted by Crippen LogP contribution is -2.22. The number of rotatable bonds is 1.